The van der Waals surface area contributed by atoms with Crippen molar-refractivity contribution in [3.05, 3.63) is 47.8 Å². The van der Waals surface area contributed by atoms with Gasteiger partial charge in [0.2, 0.25) is 0 Å². The minimum atomic E-state index is 1.09. The van der Waals surface area contributed by atoms with Gasteiger partial charge in [0.05, 0.1) is 0 Å². The van der Waals surface area contributed by atoms with E-state index in [1.54, 1.807) is 0 Å². The average Bonchev–Trinajstić information content (AvgIpc) is 2.47. The number of aryl methyl sites for hydroxylation is 2. The number of H-pyrrole nitrogens is 1. The molecule has 2 rings (SSSR count). The molecule has 1 aromatic heterocycles. The van der Waals surface area contributed by atoms with Gasteiger partial charge in [-0.25, -0.2) is 0 Å². The van der Waals surface area contributed by atoms with Crippen molar-refractivity contribution in [2.45, 2.75) is 13.8 Å². The van der Waals surface area contributed by atoms with Gasteiger partial charge in [0, 0.05) is 23.0 Å². The fourth-order valence-electron chi connectivity index (χ4n) is 1.55. The lowest BCUT2D eigenvalue weighted by Gasteiger charge is -1.97. The average molecular weight is 170 g/mol. The maximum atomic E-state index is 3.31. The number of aromatic nitrogens is 1. The van der Waals surface area contributed by atoms with Crippen LogP contribution in [0.4, 0.5) is 0 Å². The molecule has 65 valence electrons. The van der Waals surface area contributed by atoms with Crippen LogP contribution in [0.15, 0.2) is 30.3 Å². The second-order valence-electron chi connectivity index (χ2n) is 3.24. The van der Waals surface area contributed by atoms with Crippen LogP contribution in [0.1, 0.15) is 11.4 Å². The van der Waals surface area contributed by atoms with Crippen molar-refractivity contribution in [3.8, 4) is 11.1 Å². The Kier molecular flexibility index (Phi) is 1.93. The normalized spacial score (nSPS) is 10.3. The fourth-order valence-corrected chi connectivity index (χ4v) is 1.55. The molecule has 0 saturated carbocycles. The molecule has 0 atom stereocenters. The molecule has 0 amide bonds. The largest absolute Gasteiger partial charge is 0.362 e. The van der Waals surface area contributed by atoms with Gasteiger partial charge >= 0.3 is 0 Å². The molecule has 1 heteroatoms. The van der Waals surface area contributed by atoms with Gasteiger partial charge in [0.1, 0.15) is 0 Å². The van der Waals surface area contributed by atoms with Crippen LogP contribution < -0.4 is 0 Å². The van der Waals surface area contributed by atoms with Gasteiger partial charge < -0.3 is 4.98 Å². The lowest BCUT2D eigenvalue weighted by molar-refractivity contribution is 1.19. The monoisotopic (exact) mass is 170 g/mol. The molecule has 0 bridgehead atoms. The minimum absolute atomic E-state index is 1.09. The van der Waals surface area contributed by atoms with E-state index in [0.717, 1.165) is 5.69 Å². The number of rotatable bonds is 1. The molecule has 0 aliphatic rings. The van der Waals surface area contributed by atoms with E-state index in [0.29, 0.717) is 0 Å². The Bertz CT molecular complexity index is 398. The molecule has 1 nitrogen and oxygen atoms in total. The van der Waals surface area contributed by atoms with E-state index < -0.39 is 0 Å². The van der Waals surface area contributed by atoms with Crippen molar-refractivity contribution in [3.63, 3.8) is 0 Å². The van der Waals surface area contributed by atoms with Crippen LogP contribution in [0, 0.1) is 19.9 Å². The SMILES string of the molecule is Cc1[c]c(-c2ccccc2)c(C)[nH]1. The third-order valence-corrected chi connectivity index (χ3v) is 2.12. The van der Waals surface area contributed by atoms with Gasteiger partial charge in [-0.05, 0) is 19.4 Å². The Balaban J connectivity index is 2.53. The molecule has 0 aliphatic heterocycles. The summed E-state index contributed by atoms with van der Waals surface area (Å²) >= 11 is 0. The Hall–Kier alpha value is -1.50. The summed E-state index contributed by atoms with van der Waals surface area (Å²) in [5, 5.41) is 0. The van der Waals surface area contributed by atoms with E-state index in [1.807, 2.05) is 25.1 Å². The van der Waals surface area contributed by atoms with Gasteiger partial charge in [-0.1, -0.05) is 30.3 Å². The van der Waals surface area contributed by atoms with Crippen LogP contribution >= 0.6 is 0 Å². The van der Waals surface area contributed by atoms with E-state index in [9.17, 15) is 0 Å². The number of hydrogen-bond donors (Lipinski definition) is 1. The van der Waals surface area contributed by atoms with E-state index in [4.69, 9.17) is 0 Å². The molecule has 2 aromatic rings. The first kappa shape index (κ1) is 8.11. The Labute approximate surface area is 78.4 Å². The highest BCUT2D eigenvalue weighted by atomic mass is 14.7. The fraction of sp³-hybridized carbons (Fsp3) is 0.167. The van der Waals surface area contributed by atoms with Crippen molar-refractivity contribution in [2.24, 2.45) is 0 Å². The molecule has 0 aliphatic carbocycles. The highest BCUT2D eigenvalue weighted by molar-refractivity contribution is 5.65. The molecule has 0 spiro atoms. The maximum absolute atomic E-state index is 3.31. The highest BCUT2D eigenvalue weighted by Gasteiger charge is 2.03. The molecular weight excluding hydrogens is 158 g/mol. The molecule has 0 saturated heterocycles. The first-order chi connectivity index (χ1) is 6.27. The second-order valence-corrected chi connectivity index (χ2v) is 3.24. The topological polar surface area (TPSA) is 15.8 Å². The number of hydrogen-bond acceptors (Lipinski definition) is 0. The molecule has 1 N–H and O–H groups in total. The smallest absolute Gasteiger partial charge is 0.0204 e. The predicted molar refractivity (Wildman–Crippen MR) is 54.5 cm³/mol. The zero-order chi connectivity index (χ0) is 9.26. The standard InChI is InChI=1S/C12H12N/c1-9-8-12(10(2)13-9)11-6-4-3-5-7-11/h3-7,13H,1-2H3. The molecular formula is C12H12N. The van der Waals surface area contributed by atoms with Gasteiger partial charge in [0.15, 0.2) is 0 Å². The van der Waals surface area contributed by atoms with Crippen LogP contribution in [0.25, 0.3) is 11.1 Å². The molecule has 1 radical (unpaired) electrons. The van der Waals surface area contributed by atoms with Gasteiger partial charge in [-0.2, -0.15) is 0 Å². The van der Waals surface area contributed by atoms with E-state index in [1.165, 1.54) is 16.8 Å². The minimum Gasteiger partial charge on any atom is -0.362 e. The van der Waals surface area contributed by atoms with Crippen molar-refractivity contribution < 1.29 is 0 Å². The summed E-state index contributed by atoms with van der Waals surface area (Å²) < 4.78 is 0. The Morgan fingerprint density at radius 3 is 2.31 bits per heavy atom. The summed E-state index contributed by atoms with van der Waals surface area (Å²) in [7, 11) is 0. The summed E-state index contributed by atoms with van der Waals surface area (Å²) in [6.45, 7) is 4.10. The Morgan fingerprint density at radius 2 is 1.77 bits per heavy atom. The van der Waals surface area contributed by atoms with Crippen LogP contribution in [-0.4, -0.2) is 4.98 Å². The zero-order valence-corrected chi connectivity index (χ0v) is 7.89. The van der Waals surface area contributed by atoms with Crippen molar-refractivity contribution in [1.82, 2.24) is 4.98 Å². The van der Waals surface area contributed by atoms with Crippen LogP contribution in [-0.2, 0) is 0 Å². The van der Waals surface area contributed by atoms with Gasteiger partial charge in [0.25, 0.3) is 0 Å². The number of aromatic amines is 1. The van der Waals surface area contributed by atoms with Crippen LogP contribution in [0.5, 0.6) is 0 Å². The van der Waals surface area contributed by atoms with Crippen molar-refractivity contribution >= 4 is 0 Å². The van der Waals surface area contributed by atoms with E-state index in [2.05, 4.69) is 30.1 Å². The third kappa shape index (κ3) is 1.50. The first-order valence-electron chi connectivity index (χ1n) is 4.41. The summed E-state index contributed by atoms with van der Waals surface area (Å²) in [4.78, 5) is 3.25. The van der Waals surface area contributed by atoms with Gasteiger partial charge in [-0.3, -0.25) is 0 Å². The van der Waals surface area contributed by atoms with E-state index in [-0.39, 0.29) is 0 Å². The summed E-state index contributed by atoms with van der Waals surface area (Å²) in [5.41, 5.74) is 4.68. The summed E-state index contributed by atoms with van der Waals surface area (Å²) in [6, 6.07) is 13.6. The lowest BCUT2D eigenvalue weighted by Crippen LogP contribution is -1.77. The van der Waals surface area contributed by atoms with Crippen molar-refractivity contribution in [2.75, 3.05) is 0 Å². The molecule has 1 heterocycles. The maximum Gasteiger partial charge on any atom is 0.0204 e. The molecule has 0 unspecified atom stereocenters. The Morgan fingerprint density at radius 1 is 1.08 bits per heavy atom. The highest BCUT2D eigenvalue weighted by Crippen LogP contribution is 2.22. The first-order valence-corrected chi connectivity index (χ1v) is 4.41. The van der Waals surface area contributed by atoms with Crippen LogP contribution in [0.3, 0.4) is 0 Å². The predicted octanol–water partition coefficient (Wildman–Crippen LogP) is 3.10. The van der Waals surface area contributed by atoms with Crippen LogP contribution in [0.2, 0.25) is 0 Å². The zero-order valence-electron chi connectivity index (χ0n) is 7.89. The van der Waals surface area contributed by atoms with Gasteiger partial charge in [-0.15, -0.1) is 0 Å². The number of nitrogens with one attached hydrogen (secondary N) is 1. The summed E-state index contributed by atoms with van der Waals surface area (Å²) in [5.74, 6) is 0. The second kappa shape index (κ2) is 3.09. The third-order valence-electron chi connectivity index (χ3n) is 2.12. The van der Waals surface area contributed by atoms with E-state index >= 15 is 0 Å². The summed E-state index contributed by atoms with van der Waals surface area (Å²) in [6.07, 6.45) is 0. The molecule has 13 heavy (non-hydrogen) atoms. The van der Waals surface area contributed by atoms with Crippen molar-refractivity contribution in [1.29, 1.82) is 0 Å². The number of benzene rings is 1. The molecule has 0 fully saturated rings. The molecule has 1 aromatic carbocycles. The lowest BCUT2D eigenvalue weighted by atomic mass is 10.1. The quantitative estimate of drug-likeness (QED) is 0.677.